The maximum atomic E-state index is 5.98. The third-order valence-electron chi connectivity index (χ3n) is 1.73. The van der Waals surface area contributed by atoms with E-state index < -0.39 is 0 Å². The van der Waals surface area contributed by atoms with Crippen LogP contribution >= 0.6 is 34.2 Å². The Morgan fingerprint density at radius 3 is 2.69 bits per heavy atom. The van der Waals surface area contributed by atoms with Crippen LogP contribution < -0.4 is 0 Å². The van der Waals surface area contributed by atoms with Gasteiger partial charge in [-0.3, -0.25) is 0 Å². The highest BCUT2D eigenvalue weighted by Crippen LogP contribution is 2.26. The fourth-order valence-corrected chi connectivity index (χ4v) is 1.61. The molecule has 0 aliphatic heterocycles. The molecule has 0 atom stereocenters. The van der Waals surface area contributed by atoms with Gasteiger partial charge in [0.2, 0.25) is 0 Å². The predicted octanol–water partition coefficient (Wildman–Crippen LogP) is 4.20. The highest BCUT2D eigenvalue weighted by Gasteiger charge is 2.02. The molecule has 0 unspecified atom stereocenters. The molecule has 1 aromatic carbocycles. The molecule has 0 spiro atoms. The third kappa shape index (κ3) is 1.89. The summed E-state index contributed by atoms with van der Waals surface area (Å²) in [6.07, 6.45) is 1.65. The second kappa shape index (κ2) is 3.72. The largest absolute Gasteiger partial charge is 0.464 e. The Morgan fingerprint density at radius 2 is 2.08 bits per heavy atom. The lowest BCUT2D eigenvalue weighted by atomic mass is 10.2. The fourth-order valence-electron chi connectivity index (χ4n) is 1.09. The molecular formula is C10H6ClIO. The number of benzene rings is 1. The molecule has 3 heteroatoms. The monoisotopic (exact) mass is 304 g/mol. The summed E-state index contributed by atoms with van der Waals surface area (Å²) in [4.78, 5) is 0. The van der Waals surface area contributed by atoms with Gasteiger partial charge in [0.15, 0.2) is 0 Å². The van der Waals surface area contributed by atoms with E-state index in [0.717, 1.165) is 19.9 Å². The maximum absolute atomic E-state index is 5.98. The fraction of sp³-hybridized carbons (Fsp3) is 0. The molecule has 2 aromatic rings. The molecule has 0 saturated heterocycles. The van der Waals surface area contributed by atoms with Crippen molar-refractivity contribution in [1.82, 2.24) is 0 Å². The molecule has 1 heterocycles. The molecule has 66 valence electrons. The number of rotatable bonds is 1. The number of hydrogen-bond donors (Lipinski definition) is 0. The van der Waals surface area contributed by atoms with Gasteiger partial charge in [0.25, 0.3) is 0 Å². The van der Waals surface area contributed by atoms with Crippen LogP contribution in [0.3, 0.4) is 0 Å². The molecule has 0 N–H and O–H groups in total. The van der Waals surface area contributed by atoms with Gasteiger partial charge in [0.1, 0.15) is 5.76 Å². The smallest absolute Gasteiger partial charge is 0.133 e. The minimum absolute atomic E-state index is 0.759. The zero-order chi connectivity index (χ0) is 9.26. The van der Waals surface area contributed by atoms with E-state index in [0.29, 0.717) is 0 Å². The first-order chi connectivity index (χ1) is 6.27. The van der Waals surface area contributed by atoms with Crippen LogP contribution in [0.1, 0.15) is 0 Å². The van der Waals surface area contributed by atoms with Crippen molar-refractivity contribution in [2.75, 3.05) is 0 Å². The Bertz CT molecular complexity index is 409. The van der Waals surface area contributed by atoms with Crippen molar-refractivity contribution >= 4 is 34.2 Å². The highest BCUT2D eigenvalue weighted by atomic mass is 127. The number of furan rings is 1. The Hall–Kier alpha value is -0.480. The Morgan fingerprint density at radius 1 is 1.23 bits per heavy atom. The van der Waals surface area contributed by atoms with Gasteiger partial charge in [-0.1, -0.05) is 17.7 Å². The molecule has 2 rings (SSSR count). The quantitative estimate of drug-likeness (QED) is 0.720. The molecule has 0 bridgehead atoms. The average molecular weight is 305 g/mol. The van der Waals surface area contributed by atoms with Gasteiger partial charge in [-0.15, -0.1) is 0 Å². The summed E-state index contributed by atoms with van der Waals surface area (Å²) in [6, 6.07) is 9.65. The van der Waals surface area contributed by atoms with Crippen molar-refractivity contribution in [1.29, 1.82) is 0 Å². The van der Waals surface area contributed by atoms with Crippen molar-refractivity contribution < 1.29 is 4.42 Å². The summed E-state index contributed by atoms with van der Waals surface area (Å²) in [5.74, 6) is 0.846. The van der Waals surface area contributed by atoms with Crippen LogP contribution in [0, 0.1) is 3.57 Å². The minimum Gasteiger partial charge on any atom is -0.464 e. The molecule has 0 amide bonds. The van der Waals surface area contributed by atoms with Crippen LogP contribution in [0.4, 0.5) is 0 Å². The second-order valence-electron chi connectivity index (χ2n) is 2.61. The SMILES string of the molecule is Clc1cc(-c2ccco2)ccc1I. The van der Waals surface area contributed by atoms with Gasteiger partial charge >= 0.3 is 0 Å². The van der Waals surface area contributed by atoms with Gasteiger partial charge in [0, 0.05) is 9.13 Å². The zero-order valence-electron chi connectivity index (χ0n) is 6.63. The average Bonchev–Trinajstić information content (AvgIpc) is 2.62. The second-order valence-corrected chi connectivity index (χ2v) is 4.18. The van der Waals surface area contributed by atoms with Crippen LogP contribution in [-0.2, 0) is 0 Å². The Kier molecular flexibility index (Phi) is 2.60. The topological polar surface area (TPSA) is 13.1 Å². The van der Waals surface area contributed by atoms with Gasteiger partial charge in [-0.25, -0.2) is 0 Å². The van der Waals surface area contributed by atoms with Crippen LogP contribution in [0.5, 0.6) is 0 Å². The normalized spacial score (nSPS) is 10.3. The summed E-state index contributed by atoms with van der Waals surface area (Å²) in [5.41, 5.74) is 1.01. The maximum Gasteiger partial charge on any atom is 0.133 e. The molecule has 0 saturated carbocycles. The lowest BCUT2D eigenvalue weighted by Gasteiger charge is -1.99. The van der Waals surface area contributed by atoms with E-state index in [2.05, 4.69) is 22.6 Å². The van der Waals surface area contributed by atoms with E-state index in [1.54, 1.807) is 6.26 Å². The van der Waals surface area contributed by atoms with Gasteiger partial charge in [-0.2, -0.15) is 0 Å². The van der Waals surface area contributed by atoms with E-state index in [4.69, 9.17) is 16.0 Å². The summed E-state index contributed by atoms with van der Waals surface area (Å²) in [7, 11) is 0. The standard InChI is InChI=1S/C10H6ClIO/c11-8-6-7(3-4-9(8)12)10-2-1-5-13-10/h1-6H. The van der Waals surface area contributed by atoms with Crippen LogP contribution in [0.15, 0.2) is 41.0 Å². The predicted molar refractivity (Wildman–Crippen MR) is 61.9 cm³/mol. The molecule has 1 aromatic heterocycles. The van der Waals surface area contributed by atoms with Gasteiger partial charge in [-0.05, 0) is 46.9 Å². The first kappa shape index (κ1) is 9.09. The summed E-state index contributed by atoms with van der Waals surface area (Å²) in [6.45, 7) is 0. The van der Waals surface area contributed by atoms with E-state index >= 15 is 0 Å². The van der Waals surface area contributed by atoms with E-state index in [-0.39, 0.29) is 0 Å². The highest BCUT2D eigenvalue weighted by molar-refractivity contribution is 14.1. The van der Waals surface area contributed by atoms with Crippen molar-refractivity contribution in [3.63, 3.8) is 0 Å². The van der Waals surface area contributed by atoms with Crippen molar-refractivity contribution in [2.45, 2.75) is 0 Å². The number of hydrogen-bond acceptors (Lipinski definition) is 1. The van der Waals surface area contributed by atoms with Crippen molar-refractivity contribution in [3.8, 4) is 11.3 Å². The van der Waals surface area contributed by atoms with E-state index in [1.165, 1.54) is 0 Å². The van der Waals surface area contributed by atoms with Gasteiger partial charge < -0.3 is 4.42 Å². The van der Waals surface area contributed by atoms with Crippen LogP contribution in [0.25, 0.3) is 11.3 Å². The van der Waals surface area contributed by atoms with E-state index in [9.17, 15) is 0 Å². The molecule has 0 aliphatic rings. The molecule has 1 nitrogen and oxygen atoms in total. The van der Waals surface area contributed by atoms with Crippen LogP contribution in [-0.4, -0.2) is 0 Å². The lowest BCUT2D eigenvalue weighted by Crippen LogP contribution is -1.77. The molecule has 13 heavy (non-hydrogen) atoms. The Labute approximate surface area is 94.8 Å². The first-order valence-corrected chi connectivity index (χ1v) is 5.22. The van der Waals surface area contributed by atoms with E-state index in [1.807, 2.05) is 30.3 Å². The summed E-state index contributed by atoms with van der Waals surface area (Å²) >= 11 is 8.18. The zero-order valence-corrected chi connectivity index (χ0v) is 9.54. The lowest BCUT2D eigenvalue weighted by molar-refractivity contribution is 0.582. The van der Waals surface area contributed by atoms with Crippen LogP contribution in [0.2, 0.25) is 5.02 Å². The molecule has 0 radical (unpaired) electrons. The molecular weight excluding hydrogens is 298 g/mol. The minimum atomic E-state index is 0.759. The third-order valence-corrected chi connectivity index (χ3v) is 3.30. The Balaban J connectivity index is 2.49. The van der Waals surface area contributed by atoms with Crippen molar-refractivity contribution in [2.24, 2.45) is 0 Å². The summed E-state index contributed by atoms with van der Waals surface area (Å²) in [5, 5.41) is 0.759. The number of halogens is 2. The van der Waals surface area contributed by atoms with Gasteiger partial charge in [0.05, 0.1) is 11.3 Å². The van der Waals surface area contributed by atoms with Crippen molar-refractivity contribution in [3.05, 3.63) is 45.2 Å². The first-order valence-electron chi connectivity index (χ1n) is 3.76. The molecule has 0 aliphatic carbocycles. The molecule has 0 fully saturated rings. The summed E-state index contributed by atoms with van der Waals surface area (Å²) < 4.78 is 6.30.